The number of halogens is 3. The van der Waals surface area contributed by atoms with Gasteiger partial charge in [-0.1, -0.05) is 19.1 Å². The molecule has 2 aromatic rings. The fraction of sp³-hybridized carbons (Fsp3) is 0.500. The molecule has 2 fully saturated rings. The summed E-state index contributed by atoms with van der Waals surface area (Å²) in [6, 6.07) is 6.26. The maximum Gasteiger partial charge on any atom is 0.418 e. The molecule has 1 saturated heterocycles. The van der Waals surface area contributed by atoms with Crippen molar-refractivity contribution in [2.75, 3.05) is 13.1 Å². The Labute approximate surface area is 157 Å². The largest absolute Gasteiger partial charge is 0.418 e. The third kappa shape index (κ3) is 3.73. The van der Waals surface area contributed by atoms with Gasteiger partial charge in [-0.2, -0.15) is 13.2 Å². The monoisotopic (exact) mass is 379 g/mol. The van der Waals surface area contributed by atoms with Crippen LogP contribution in [0, 0.1) is 5.92 Å². The average molecular weight is 379 g/mol. The van der Waals surface area contributed by atoms with Crippen molar-refractivity contribution in [3.63, 3.8) is 0 Å². The number of urea groups is 1. The van der Waals surface area contributed by atoms with Crippen LogP contribution in [0.1, 0.15) is 44.7 Å². The summed E-state index contributed by atoms with van der Waals surface area (Å²) in [6.07, 6.45) is -0.175. The first-order valence-corrected chi connectivity index (χ1v) is 9.33. The molecule has 27 heavy (non-hydrogen) atoms. The first-order chi connectivity index (χ1) is 12.8. The van der Waals surface area contributed by atoms with Crippen molar-refractivity contribution >= 4 is 16.9 Å². The van der Waals surface area contributed by atoms with E-state index in [1.807, 2.05) is 0 Å². The van der Waals surface area contributed by atoms with E-state index in [4.69, 9.17) is 0 Å². The molecule has 1 aliphatic heterocycles. The highest BCUT2D eigenvalue weighted by atomic mass is 19.4. The van der Waals surface area contributed by atoms with E-state index >= 15 is 0 Å². The van der Waals surface area contributed by atoms with Gasteiger partial charge in [0, 0.05) is 38.1 Å². The number of alkyl halides is 3. The number of hydrogen-bond donors (Lipinski definition) is 1. The second-order valence-electron chi connectivity index (χ2n) is 7.77. The highest BCUT2D eigenvalue weighted by molar-refractivity contribution is 5.86. The standard InChI is InChI=1S/C20H22F3N3O.H2/c1-12-9-13(11-26(10-12)19(27)25-14-4-5-14)15-6-7-17(20(21,22)23)18-16(15)3-2-8-24-18;/h2-3,6-8,12-14H,4-5,9-11H2,1H3,(H,25,27);1H/t12-,13-;/m1./s1. The molecule has 0 radical (unpaired) electrons. The molecule has 1 saturated carbocycles. The van der Waals surface area contributed by atoms with Crippen molar-refractivity contribution in [3.05, 3.63) is 41.6 Å². The Morgan fingerprint density at radius 3 is 2.74 bits per heavy atom. The molecule has 1 aliphatic carbocycles. The Morgan fingerprint density at radius 1 is 1.26 bits per heavy atom. The lowest BCUT2D eigenvalue weighted by atomic mass is 9.83. The first kappa shape index (κ1) is 18.1. The average Bonchev–Trinajstić information content (AvgIpc) is 3.43. The molecule has 0 spiro atoms. The number of likely N-dealkylation sites (tertiary alicyclic amines) is 1. The Bertz CT molecular complexity index is 869. The topological polar surface area (TPSA) is 45.2 Å². The number of rotatable bonds is 2. The summed E-state index contributed by atoms with van der Waals surface area (Å²) in [7, 11) is 0. The van der Waals surface area contributed by atoms with Crippen LogP contribution in [-0.4, -0.2) is 35.0 Å². The zero-order chi connectivity index (χ0) is 19.2. The number of carbonyl (C=O) groups excluding carboxylic acids is 1. The Hall–Kier alpha value is -2.31. The highest BCUT2D eigenvalue weighted by Crippen LogP contribution is 2.39. The molecular formula is C20H24F3N3O. The van der Waals surface area contributed by atoms with Crippen LogP contribution in [0.2, 0.25) is 0 Å². The predicted molar refractivity (Wildman–Crippen MR) is 98.5 cm³/mol. The van der Waals surface area contributed by atoms with Gasteiger partial charge in [-0.15, -0.1) is 0 Å². The molecule has 1 aromatic carbocycles. The quantitative estimate of drug-likeness (QED) is 0.815. The first-order valence-electron chi connectivity index (χ1n) is 9.33. The molecule has 0 unspecified atom stereocenters. The van der Waals surface area contributed by atoms with Gasteiger partial charge in [0.05, 0.1) is 11.1 Å². The van der Waals surface area contributed by atoms with Crippen LogP contribution in [0.3, 0.4) is 0 Å². The molecule has 4 rings (SSSR count). The summed E-state index contributed by atoms with van der Waals surface area (Å²) < 4.78 is 40.0. The molecule has 2 aliphatic rings. The number of fused-ring (bicyclic) bond motifs is 1. The minimum atomic E-state index is -4.44. The Kier molecular flexibility index (Phi) is 4.48. The smallest absolute Gasteiger partial charge is 0.335 e. The van der Waals surface area contributed by atoms with Gasteiger partial charge in [-0.3, -0.25) is 4.98 Å². The molecule has 146 valence electrons. The Morgan fingerprint density at radius 2 is 2.04 bits per heavy atom. The molecule has 1 aromatic heterocycles. The number of carbonyl (C=O) groups is 1. The van der Waals surface area contributed by atoms with Crippen molar-refractivity contribution < 1.29 is 19.4 Å². The van der Waals surface area contributed by atoms with Crippen molar-refractivity contribution in [1.29, 1.82) is 0 Å². The zero-order valence-electron chi connectivity index (χ0n) is 15.1. The number of pyridine rings is 1. The summed E-state index contributed by atoms with van der Waals surface area (Å²) in [6.45, 7) is 3.26. The summed E-state index contributed by atoms with van der Waals surface area (Å²) in [5.74, 6) is 0.274. The van der Waals surface area contributed by atoms with Crippen molar-refractivity contribution in [1.82, 2.24) is 15.2 Å². The van der Waals surface area contributed by atoms with Crippen molar-refractivity contribution in [2.24, 2.45) is 5.92 Å². The SMILES string of the molecule is C[C@@H]1C[C@@H](c2ccc(C(F)(F)F)c3ncccc23)CN(C(=O)NC2CC2)C1.[HH]. The normalized spacial score (nSPS) is 23.5. The second kappa shape index (κ2) is 6.69. The molecule has 2 atom stereocenters. The molecular weight excluding hydrogens is 355 g/mol. The third-order valence-corrected chi connectivity index (χ3v) is 5.40. The number of piperidine rings is 1. The fourth-order valence-electron chi connectivity index (χ4n) is 4.02. The minimum absolute atomic E-state index is 0. The maximum atomic E-state index is 13.3. The van der Waals surface area contributed by atoms with Crippen LogP contribution >= 0.6 is 0 Å². The summed E-state index contributed by atoms with van der Waals surface area (Å²) >= 11 is 0. The molecule has 7 heteroatoms. The molecule has 1 N–H and O–H groups in total. The summed E-state index contributed by atoms with van der Waals surface area (Å²) in [4.78, 5) is 18.3. The van der Waals surface area contributed by atoms with E-state index in [-0.39, 0.29) is 30.9 Å². The lowest BCUT2D eigenvalue weighted by Gasteiger charge is -2.37. The number of amides is 2. The van der Waals surface area contributed by atoms with Gasteiger partial charge in [-0.05, 0) is 42.9 Å². The second-order valence-corrected chi connectivity index (χ2v) is 7.77. The van der Waals surface area contributed by atoms with E-state index in [0.717, 1.165) is 30.9 Å². The minimum Gasteiger partial charge on any atom is -0.335 e. The van der Waals surface area contributed by atoms with E-state index in [1.54, 1.807) is 23.1 Å². The molecule has 0 bridgehead atoms. The number of hydrogen-bond acceptors (Lipinski definition) is 2. The summed E-state index contributed by atoms with van der Waals surface area (Å²) in [5, 5.41) is 3.53. The maximum absolute atomic E-state index is 13.3. The fourth-order valence-corrected chi connectivity index (χ4v) is 4.02. The van der Waals surface area contributed by atoms with E-state index in [2.05, 4.69) is 17.2 Å². The van der Waals surface area contributed by atoms with Crippen LogP contribution in [0.15, 0.2) is 30.5 Å². The lowest BCUT2D eigenvalue weighted by molar-refractivity contribution is -0.136. The van der Waals surface area contributed by atoms with Crippen LogP contribution in [-0.2, 0) is 6.18 Å². The third-order valence-electron chi connectivity index (χ3n) is 5.40. The number of nitrogens with one attached hydrogen (secondary N) is 1. The highest BCUT2D eigenvalue weighted by Gasteiger charge is 2.36. The van der Waals surface area contributed by atoms with Gasteiger partial charge in [0.2, 0.25) is 0 Å². The molecule has 2 heterocycles. The van der Waals surface area contributed by atoms with Crippen LogP contribution in [0.5, 0.6) is 0 Å². The molecule has 4 nitrogen and oxygen atoms in total. The van der Waals surface area contributed by atoms with Crippen LogP contribution in [0.25, 0.3) is 10.9 Å². The van der Waals surface area contributed by atoms with Crippen molar-refractivity contribution in [3.8, 4) is 0 Å². The molecule has 2 amide bonds. The van der Waals surface area contributed by atoms with E-state index in [1.165, 1.54) is 6.20 Å². The number of aromatic nitrogens is 1. The van der Waals surface area contributed by atoms with Gasteiger partial charge in [0.15, 0.2) is 0 Å². The van der Waals surface area contributed by atoms with Gasteiger partial charge in [0.1, 0.15) is 0 Å². The number of nitrogens with zero attached hydrogens (tertiary/aromatic N) is 2. The van der Waals surface area contributed by atoms with E-state index < -0.39 is 11.7 Å². The van der Waals surface area contributed by atoms with Crippen LogP contribution in [0.4, 0.5) is 18.0 Å². The zero-order valence-corrected chi connectivity index (χ0v) is 15.1. The van der Waals surface area contributed by atoms with Gasteiger partial charge >= 0.3 is 12.2 Å². The van der Waals surface area contributed by atoms with Gasteiger partial charge < -0.3 is 10.2 Å². The van der Waals surface area contributed by atoms with E-state index in [0.29, 0.717) is 18.5 Å². The lowest BCUT2D eigenvalue weighted by Crippen LogP contribution is -2.48. The van der Waals surface area contributed by atoms with Gasteiger partial charge in [0.25, 0.3) is 0 Å². The summed E-state index contributed by atoms with van der Waals surface area (Å²) in [5.41, 5.74) is 0.102. The van der Waals surface area contributed by atoms with Crippen LogP contribution < -0.4 is 5.32 Å². The van der Waals surface area contributed by atoms with Crippen molar-refractivity contribution in [2.45, 2.75) is 44.3 Å². The Balaban J connectivity index is 0.00000225. The number of benzene rings is 1. The van der Waals surface area contributed by atoms with Gasteiger partial charge in [-0.25, -0.2) is 4.79 Å². The predicted octanol–water partition coefficient (Wildman–Crippen LogP) is 4.80. The van der Waals surface area contributed by atoms with E-state index in [9.17, 15) is 18.0 Å².